The zero-order chi connectivity index (χ0) is 29.8. The van der Waals surface area contributed by atoms with Crippen molar-refractivity contribution in [1.29, 1.82) is 0 Å². The van der Waals surface area contributed by atoms with Crippen LogP contribution in [0.4, 0.5) is 32.1 Å². The number of aromatic nitrogens is 5. The molecule has 2 N–H and O–H groups in total. The average Bonchev–Trinajstić information content (AvgIpc) is 3.48. The van der Waals surface area contributed by atoms with Gasteiger partial charge in [0.25, 0.3) is 0 Å². The van der Waals surface area contributed by atoms with Crippen LogP contribution in [0.2, 0.25) is 0 Å². The normalized spacial score (nSPS) is 13.4. The maximum absolute atomic E-state index is 14.1. The van der Waals surface area contributed by atoms with Gasteiger partial charge in [-0.2, -0.15) is 0 Å². The molecule has 13 heteroatoms. The van der Waals surface area contributed by atoms with Crippen LogP contribution < -0.4 is 14.9 Å². The number of benzene rings is 1. The third kappa shape index (κ3) is 6.74. The van der Waals surface area contributed by atoms with Crippen molar-refractivity contribution in [3.63, 3.8) is 0 Å². The van der Waals surface area contributed by atoms with Crippen molar-refractivity contribution in [2.45, 2.75) is 24.7 Å². The first-order valence-corrected chi connectivity index (χ1v) is 15.3. The highest BCUT2D eigenvalue weighted by Gasteiger charge is 2.20. The van der Waals surface area contributed by atoms with E-state index in [-0.39, 0.29) is 10.8 Å². The summed E-state index contributed by atoms with van der Waals surface area (Å²) >= 11 is 2.38. The second-order valence-electron chi connectivity index (χ2n) is 9.94. The van der Waals surface area contributed by atoms with Crippen LogP contribution in [0.25, 0.3) is 22.0 Å². The molecule has 43 heavy (non-hydrogen) atoms. The molecule has 1 saturated heterocycles. The van der Waals surface area contributed by atoms with Gasteiger partial charge < -0.3 is 19.7 Å². The zero-order valence-electron chi connectivity index (χ0n) is 23.4. The standard InChI is InChI=1S/C30H28F2N8OS2/c1-18(2)29-38-26(22-7-4-8-24(36-22)39-43-27-20(31)5-3-6-21(27)32)28(42-29)23-11-12-33-30(37-23)35-19-9-10-25(34-17-19)40-13-15-41-16-14-40/h3-12,17-18H,13-16H2,1-2H3,(H,36,39)(H,33,35,37). The Morgan fingerprint density at radius 2 is 1.70 bits per heavy atom. The van der Waals surface area contributed by atoms with Gasteiger partial charge in [-0.15, -0.1) is 11.3 Å². The fraction of sp³-hybridized carbons (Fsp3) is 0.233. The van der Waals surface area contributed by atoms with Gasteiger partial charge in [0.2, 0.25) is 5.95 Å². The van der Waals surface area contributed by atoms with Crippen LogP contribution in [0.3, 0.4) is 0 Å². The van der Waals surface area contributed by atoms with E-state index in [1.165, 1.54) is 18.2 Å². The van der Waals surface area contributed by atoms with Crippen LogP contribution in [0.15, 0.2) is 71.9 Å². The number of pyridine rings is 2. The lowest BCUT2D eigenvalue weighted by molar-refractivity contribution is 0.122. The lowest BCUT2D eigenvalue weighted by Gasteiger charge is -2.27. The smallest absolute Gasteiger partial charge is 0.227 e. The van der Waals surface area contributed by atoms with Crippen molar-refractivity contribution in [3.8, 4) is 22.0 Å². The molecule has 0 spiro atoms. The summed E-state index contributed by atoms with van der Waals surface area (Å²) in [5.74, 6) is 0.668. The summed E-state index contributed by atoms with van der Waals surface area (Å²) in [7, 11) is 0. The van der Waals surface area contributed by atoms with Gasteiger partial charge in [-0.1, -0.05) is 26.0 Å². The molecule has 220 valence electrons. The summed E-state index contributed by atoms with van der Waals surface area (Å²) in [5.41, 5.74) is 2.73. The molecule has 1 aliphatic heterocycles. The third-order valence-electron chi connectivity index (χ3n) is 6.53. The highest BCUT2D eigenvalue weighted by molar-refractivity contribution is 8.00. The van der Waals surface area contributed by atoms with Gasteiger partial charge >= 0.3 is 0 Å². The molecule has 0 atom stereocenters. The molecule has 0 saturated carbocycles. The van der Waals surface area contributed by atoms with Crippen molar-refractivity contribution < 1.29 is 13.5 Å². The molecule has 5 heterocycles. The molecule has 0 aliphatic carbocycles. The zero-order valence-corrected chi connectivity index (χ0v) is 25.1. The summed E-state index contributed by atoms with van der Waals surface area (Å²) in [4.78, 5) is 26.3. The second-order valence-corrected chi connectivity index (χ2v) is 11.8. The molecule has 0 radical (unpaired) electrons. The van der Waals surface area contributed by atoms with Gasteiger partial charge in [-0.05, 0) is 54.4 Å². The topological polar surface area (TPSA) is 101 Å². The first kappa shape index (κ1) is 28.9. The third-order valence-corrected chi connectivity index (χ3v) is 8.82. The minimum atomic E-state index is -0.644. The van der Waals surface area contributed by atoms with E-state index in [0.29, 0.717) is 42.1 Å². The van der Waals surface area contributed by atoms with E-state index in [2.05, 4.69) is 38.8 Å². The molecule has 6 rings (SSSR count). The molecular weight excluding hydrogens is 591 g/mol. The number of halogens is 2. The number of morpholine rings is 1. The van der Waals surface area contributed by atoms with Gasteiger partial charge in [0.1, 0.15) is 29.0 Å². The molecule has 0 bridgehead atoms. The molecule has 0 unspecified atom stereocenters. The Hall–Kier alpha value is -4.20. The lowest BCUT2D eigenvalue weighted by atomic mass is 10.2. The summed E-state index contributed by atoms with van der Waals surface area (Å²) in [6.07, 6.45) is 3.47. The number of nitrogens with one attached hydrogen (secondary N) is 2. The Morgan fingerprint density at radius 1 is 0.907 bits per heavy atom. The van der Waals surface area contributed by atoms with Crippen LogP contribution in [0.1, 0.15) is 24.8 Å². The van der Waals surface area contributed by atoms with Crippen molar-refractivity contribution >= 4 is 46.6 Å². The molecule has 1 aromatic carbocycles. The number of nitrogens with zero attached hydrogens (tertiary/aromatic N) is 6. The van der Waals surface area contributed by atoms with E-state index in [1.54, 1.807) is 29.8 Å². The molecular formula is C30H28F2N8OS2. The Labute approximate surface area is 256 Å². The van der Waals surface area contributed by atoms with Gasteiger partial charge in [0.15, 0.2) is 0 Å². The SMILES string of the molecule is CC(C)c1nc(-c2cccc(NSc3c(F)cccc3F)n2)c(-c2ccnc(Nc3ccc(N4CCOCC4)nc3)n2)s1. The second kappa shape index (κ2) is 13.0. The molecule has 5 aromatic rings. The quantitative estimate of drug-likeness (QED) is 0.166. The van der Waals surface area contributed by atoms with Gasteiger partial charge in [0, 0.05) is 25.2 Å². The number of hydrogen-bond donors (Lipinski definition) is 2. The highest BCUT2D eigenvalue weighted by atomic mass is 32.2. The van der Waals surface area contributed by atoms with Crippen LogP contribution >= 0.6 is 23.3 Å². The first-order valence-electron chi connectivity index (χ1n) is 13.7. The largest absolute Gasteiger partial charge is 0.378 e. The van der Waals surface area contributed by atoms with E-state index in [9.17, 15) is 8.78 Å². The Kier molecular flexibility index (Phi) is 8.72. The van der Waals surface area contributed by atoms with Crippen molar-refractivity contribution in [2.24, 2.45) is 0 Å². The average molecular weight is 619 g/mol. The fourth-order valence-corrected chi connectivity index (χ4v) is 6.05. The summed E-state index contributed by atoms with van der Waals surface area (Å²) in [5, 5.41) is 4.18. The minimum Gasteiger partial charge on any atom is -0.378 e. The first-order chi connectivity index (χ1) is 20.9. The number of ether oxygens (including phenoxy) is 1. The molecule has 4 aromatic heterocycles. The number of rotatable bonds is 9. The van der Waals surface area contributed by atoms with E-state index in [0.717, 1.165) is 46.4 Å². The van der Waals surface area contributed by atoms with Crippen molar-refractivity contribution in [2.75, 3.05) is 41.2 Å². The van der Waals surface area contributed by atoms with E-state index in [4.69, 9.17) is 19.7 Å². The number of hydrogen-bond acceptors (Lipinski definition) is 11. The van der Waals surface area contributed by atoms with Crippen molar-refractivity contribution in [1.82, 2.24) is 24.9 Å². The Bertz CT molecular complexity index is 1690. The number of anilines is 4. The summed E-state index contributed by atoms with van der Waals surface area (Å²) in [6.45, 7) is 7.19. The minimum absolute atomic E-state index is 0.127. The van der Waals surface area contributed by atoms with Gasteiger partial charge in [-0.3, -0.25) is 0 Å². The van der Waals surface area contributed by atoms with Crippen molar-refractivity contribution in [3.05, 3.63) is 83.6 Å². The predicted octanol–water partition coefficient (Wildman–Crippen LogP) is 7.16. The van der Waals surface area contributed by atoms with E-state index in [1.807, 2.05) is 30.3 Å². The van der Waals surface area contributed by atoms with E-state index >= 15 is 0 Å². The molecule has 1 fully saturated rings. The molecule has 9 nitrogen and oxygen atoms in total. The number of thiazole rings is 1. The fourth-order valence-electron chi connectivity index (χ4n) is 4.35. The molecule has 0 amide bonds. The molecule has 1 aliphatic rings. The maximum atomic E-state index is 14.1. The monoisotopic (exact) mass is 618 g/mol. The van der Waals surface area contributed by atoms with Gasteiger partial charge in [0.05, 0.1) is 51.3 Å². The maximum Gasteiger partial charge on any atom is 0.227 e. The van der Waals surface area contributed by atoms with Crippen LogP contribution in [0, 0.1) is 11.6 Å². The van der Waals surface area contributed by atoms with Crippen LogP contribution in [-0.4, -0.2) is 51.2 Å². The van der Waals surface area contributed by atoms with E-state index < -0.39 is 11.6 Å². The highest BCUT2D eigenvalue weighted by Crippen LogP contribution is 2.38. The summed E-state index contributed by atoms with van der Waals surface area (Å²) in [6, 6.07) is 14.9. The van der Waals surface area contributed by atoms with Crippen LogP contribution in [0.5, 0.6) is 0 Å². The Balaban J connectivity index is 1.25. The lowest BCUT2D eigenvalue weighted by Crippen LogP contribution is -2.36. The Morgan fingerprint density at radius 3 is 2.44 bits per heavy atom. The predicted molar refractivity (Wildman–Crippen MR) is 167 cm³/mol. The summed E-state index contributed by atoms with van der Waals surface area (Å²) < 4.78 is 36.6. The van der Waals surface area contributed by atoms with Gasteiger partial charge in [-0.25, -0.2) is 33.7 Å². The van der Waals surface area contributed by atoms with Crippen LogP contribution in [-0.2, 0) is 4.74 Å².